The summed E-state index contributed by atoms with van der Waals surface area (Å²) in [4.78, 5) is 22.9. The van der Waals surface area contributed by atoms with E-state index in [4.69, 9.17) is 19.3 Å². The predicted octanol–water partition coefficient (Wildman–Crippen LogP) is 3.06. The van der Waals surface area contributed by atoms with Gasteiger partial charge in [0.25, 0.3) is 0 Å². The van der Waals surface area contributed by atoms with Gasteiger partial charge in [-0.15, -0.1) is 0 Å². The largest absolute Gasteiger partial charge is 0.493 e. The molecule has 0 fully saturated rings. The SMILES string of the molecule is COc1cc(/C=C/C(=O)Nc2ccc(C(=O)O)cc2)cc(OC)c1OC. The molecule has 1 amide bonds. The summed E-state index contributed by atoms with van der Waals surface area (Å²) in [7, 11) is 4.54. The molecule has 0 heterocycles. The summed E-state index contributed by atoms with van der Waals surface area (Å²) in [5.74, 6) is 0.0504. The van der Waals surface area contributed by atoms with Crippen LogP contribution in [0, 0.1) is 0 Å². The van der Waals surface area contributed by atoms with Crippen LogP contribution in [0.3, 0.4) is 0 Å². The zero-order valence-corrected chi connectivity index (χ0v) is 14.6. The molecular weight excluding hydrogens is 338 g/mol. The van der Waals surface area contributed by atoms with Gasteiger partial charge < -0.3 is 24.6 Å². The number of carboxylic acid groups (broad SMARTS) is 1. The fourth-order valence-electron chi connectivity index (χ4n) is 2.25. The Balaban J connectivity index is 2.13. The van der Waals surface area contributed by atoms with Crippen molar-refractivity contribution in [1.29, 1.82) is 0 Å². The van der Waals surface area contributed by atoms with Crippen molar-refractivity contribution in [2.24, 2.45) is 0 Å². The number of carbonyl (C=O) groups is 2. The van der Waals surface area contributed by atoms with Crippen LogP contribution in [0.2, 0.25) is 0 Å². The standard InChI is InChI=1S/C19H19NO6/c1-24-15-10-12(11-16(25-2)18(15)26-3)4-9-17(21)20-14-7-5-13(6-8-14)19(22)23/h4-11H,1-3H3,(H,20,21)(H,22,23)/b9-4+. The van der Waals surface area contributed by atoms with E-state index in [2.05, 4.69) is 5.32 Å². The second-order valence-electron chi connectivity index (χ2n) is 5.16. The van der Waals surface area contributed by atoms with Gasteiger partial charge in [-0.2, -0.15) is 0 Å². The fourth-order valence-corrected chi connectivity index (χ4v) is 2.25. The summed E-state index contributed by atoms with van der Waals surface area (Å²) in [6.45, 7) is 0. The van der Waals surface area contributed by atoms with Crippen molar-refractivity contribution in [3.8, 4) is 17.2 Å². The maximum atomic E-state index is 12.0. The molecule has 7 heteroatoms. The number of methoxy groups -OCH3 is 3. The molecule has 26 heavy (non-hydrogen) atoms. The quantitative estimate of drug-likeness (QED) is 0.740. The van der Waals surface area contributed by atoms with Crippen molar-refractivity contribution in [2.45, 2.75) is 0 Å². The predicted molar refractivity (Wildman–Crippen MR) is 97.2 cm³/mol. The Kier molecular flexibility index (Phi) is 6.21. The van der Waals surface area contributed by atoms with Crippen LogP contribution in [-0.2, 0) is 4.79 Å². The van der Waals surface area contributed by atoms with Gasteiger partial charge in [-0.3, -0.25) is 4.79 Å². The maximum Gasteiger partial charge on any atom is 0.335 e. The minimum absolute atomic E-state index is 0.149. The van der Waals surface area contributed by atoms with Crippen LogP contribution in [0.4, 0.5) is 5.69 Å². The van der Waals surface area contributed by atoms with E-state index >= 15 is 0 Å². The van der Waals surface area contributed by atoms with Crippen molar-refractivity contribution in [2.75, 3.05) is 26.6 Å². The summed E-state index contributed by atoms with van der Waals surface area (Å²) in [5.41, 5.74) is 1.33. The first-order valence-electron chi connectivity index (χ1n) is 7.61. The van der Waals surface area contributed by atoms with Crippen LogP contribution >= 0.6 is 0 Å². The van der Waals surface area contributed by atoms with Crippen LogP contribution in [0.5, 0.6) is 17.2 Å². The van der Waals surface area contributed by atoms with Gasteiger partial charge in [-0.25, -0.2) is 4.79 Å². The van der Waals surface area contributed by atoms with E-state index in [0.29, 0.717) is 28.5 Å². The lowest BCUT2D eigenvalue weighted by Crippen LogP contribution is -2.08. The lowest BCUT2D eigenvalue weighted by Gasteiger charge is -2.12. The van der Waals surface area contributed by atoms with Crippen LogP contribution < -0.4 is 19.5 Å². The number of carbonyl (C=O) groups excluding carboxylic acids is 1. The number of amides is 1. The van der Waals surface area contributed by atoms with Crippen LogP contribution in [0.25, 0.3) is 6.08 Å². The third-order valence-electron chi connectivity index (χ3n) is 3.51. The van der Waals surface area contributed by atoms with Crippen LogP contribution in [0.1, 0.15) is 15.9 Å². The number of anilines is 1. The minimum atomic E-state index is -1.02. The smallest absolute Gasteiger partial charge is 0.335 e. The number of benzene rings is 2. The number of rotatable bonds is 7. The van der Waals surface area contributed by atoms with Gasteiger partial charge in [0.15, 0.2) is 11.5 Å². The normalized spacial score (nSPS) is 10.4. The van der Waals surface area contributed by atoms with E-state index in [0.717, 1.165) is 0 Å². The lowest BCUT2D eigenvalue weighted by atomic mass is 10.1. The second-order valence-corrected chi connectivity index (χ2v) is 5.16. The van der Waals surface area contributed by atoms with Gasteiger partial charge in [0.1, 0.15) is 0 Å². The van der Waals surface area contributed by atoms with E-state index in [1.54, 1.807) is 18.2 Å². The number of carboxylic acids is 1. The number of hydrogen-bond donors (Lipinski definition) is 2. The van der Waals surface area contributed by atoms with Gasteiger partial charge in [0.05, 0.1) is 26.9 Å². The first kappa shape index (κ1) is 18.9. The molecule has 136 valence electrons. The molecule has 0 saturated carbocycles. The monoisotopic (exact) mass is 357 g/mol. The average molecular weight is 357 g/mol. The highest BCUT2D eigenvalue weighted by Gasteiger charge is 2.12. The molecule has 0 aliphatic carbocycles. The molecule has 0 atom stereocenters. The van der Waals surface area contributed by atoms with Gasteiger partial charge in [0, 0.05) is 11.8 Å². The molecular formula is C19H19NO6. The zero-order chi connectivity index (χ0) is 19.1. The summed E-state index contributed by atoms with van der Waals surface area (Å²) in [6.07, 6.45) is 2.96. The van der Waals surface area contributed by atoms with Crippen molar-refractivity contribution >= 4 is 23.6 Å². The van der Waals surface area contributed by atoms with E-state index in [-0.39, 0.29) is 11.5 Å². The lowest BCUT2D eigenvalue weighted by molar-refractivity contribution is -0.111. The van der Waals surface area contributed by atoms with E-state index < -0.39 is 5.97 Å². The highest BCUT2D eigenvalue weighted by atomic mass is 16.5. The fraction of sp³-hybridized carbons (Fsp3) is 0.158. The Hall–Kier alpha value is -3.48. The number of ether oxygens (including phenoxy) is 3. The molecule has 0 aliphatic heterocycles. The molecule has 2 aromatic carbocycles. The van der Waals surface area contributed by atoms with Crippen molar-refractivity contribution < 1.29 is 28.9 Å². The Bertz CT molecular complexity index is 801. The summed E-state index contributed by atoms with van der Waals surface area (Å²) >= 11 is 0. The third kappa shape index (κ3) is 4.54. The molecule has 2 aromatic rings. The summed E-state index contributed by atoms with van der Waals surface area (Å²) < 4.78 is 15.8. The van der Waals surface area contributed by atoms with E-state index in [9.17, 15) is 9.59 Å². The molecule has 7 nitrogen and oxygen atoms in total. The summed E-state index contributed by atoms with van der Waals surface area (Å²) in [5, 5.41) is 11.5. The highest BCUT2D eigenvalue weighted by molar-refractivity contribution is 6.02. The topological polar surface area (TPSA) is 94.1 Å². The third-order valence-corrected chi connectivity index (χ3v) is 3.51. The van der Waals surface area contributed by atoms with Gasteiger partial charge >= 0.3 is 5.97 Å². The van der Waals surface area contributed by atoms with E-state index in [1.165, 1.54) is 51.7 Å². The van der Waals surface area contributed by atoms with E-state index in [1.807, 2.05) is 0 Å². The summed E-state index contributed by atoms with van der Waals surface area (Å²) in [6, 6.07) is 9.31. The molecule has 0 aromatic heterocycles. The van der Waals surface area contributed by atoms with Gasteiger partial charge in [0.2, 0.25) is 11.7 Å². The molecule has 2 N–H and O–H groups in total. The molecule has 0 saturated heterocycles. The number of aromatic carboxylic acids is 1. The van der Waals surface area contributed by atoms with Gasteiger partial charge in [-0.1, -0.05) is 0 Å². The first-order valence-corrected chi connectivity index (χ1v) is 7.61. The molecule has 0 unspecified atom stereocenters. The van der Waals surface area contributed by atoms with Gasteiger partial charge in [-0.05, 0) is 48.0 Å². The van der Waals surface area contributed by atoms with Crippen molar-refractivity contribution in [3.05, 3.63) is 53.6 Å². The number of hydrogen-bond acceptors (Lipinski definition) is 5. The molecule has 0 aliphatic rings. The second kappa shape index (κ2) is 8.57. The van der Waals surface area contributed by atoms with Crippen molar-refractivity contribution in [1.82, 2.24) is 0 Å². The Morgan fingerprint density at radius 2 is 1.54 bits per heavy atom. The Morgan fingerprint density at radius 1 is 0.962 bits per heavy atom. The van der Waals surface area contributed by atoms with Crippen LogP contribution in [0.15, 0.2) is 42.5 Å². The molecule has 0 bridgehead atoms. The highest BCUT2D eigenvalue weighted by Crippen LogP contribution is 2.38. The molecule has 0 spiro atoms. The Morgan fingerprint density at radius 3 is 2.00 bits per heavy atom. The minimum Gasteiger partial charge on any atom is -0.493 e. The number of nitrogens with one attached hydrogen (secondary N) is 1. The first-order chi connectivity index (χ1) is 12.5. The maximum absolute atomic E-state index is 12.0. The zero-order valence-electron chi connectivity index (χ0n) is 14.6. The Labute approximate surface area is 150 Å². The average Bonchev–Trinajstić information content (AvgIpc) is 2.65. The molecule has 0 radical (unpaired) electrons. The van der Waals surface area contributed by atoms with Crippen molar-refractivity contribution in [3.63, 3.8) is 0 Å². The molecule has 2 rings (SSSR count). The van der Waals surface area contributed by atoms with Crippen LogP contribution in [-0.4, -0.2) is 38.3 Å².